The van der Waals surface area contributed by atoms with Gasteiger partial charge in [-0.05, 0) is 48.4 Å². The predicted molar refractivity (Wildman–Crippen MR) is 67.7 cm³/mol. The third kappa shape index (κ3) is 2.53. The fourth-order valence-corrected chi connectivity index (χ4v) is 3.04. The summed E-state index contributed by atoms with van der Waals surface area (Å²) in [6, 6.07) is 3.46. The van der Waals surface area contributed by atoms with Crippen LogP contribution in [-0.2, 0) is 12.8 Å². The van der Waals surface area contributed by atoms with E-state index in [1.165, 1.54) is 25.7 Å². The number of halogens is 2. The normalized spacial score (nSPS) is 19.7. The molecule has 0 saturated heterocycles. The van der Waals surface area contributed by atoms with Gasteiger partial charge < -0.3 is 9.47 Å². The van der Waals surface area contributed by atoms with Gasteiger partial charge in [0, 0.05) is 0 Å². The van der Waals surface area contributed by atoms with E-state index in [9.17, 15) is 8.78 Å². The predicted octanol–water partition coefficient (Wildman–Crippen LogP) is 4.30. The molecule has 0 radical (unpaired) electrons. The first-order valence-corrected chi connectivity index (χ1v) is 6.99. The van der Waals surface area contributed by atoms with Crippen LogP contribution in [0.2, 0.25) is 0 Å². The Bertz CT molecular complexity index is 448. The first-order chi connectivity index (χ1) is 9.07. The van der Waals surface area contributed by atoms with Gasteiger partial charge in [-0.3, -0.25) is 0 Å². The summed E-state index contributed by atoms with van der Waals surface area (Å²) in [5, 5.41) is 0. The molecule has 0 N–H and O–H groups in total. The number of unbranched alkanes of at least 4 members (excludes halogenated alkanes) is 2. The van der Waals surface area contributed by atoms with Crippen molar-refractivity contribution in [3.05, 3.63) is 23.3 Å². The summed E-state index contributed by atoms with van der Waals surface area (Å²) < 4.78 is 34.9. The van der Waals surface area contributed by atoms with Crippen molar-refractivity contribution in [3.63, 3.8) is 0 Å². The minimum atomic E-state index is -3.50. The molecule has 1 aliphatic heterocycles. The highest BCUT2D eigenvalue weighted by atomic mass is 19.3. The largest absolute Gasteiger partial charge is 0.586 e. The van der Waals surface area contributed by atoms with E-state index in [2.05, 4.69) is 16.4 Å². The van der Waals surface area contributed by atoms with Gasteiger partial charge in [0.05, 0.1) is 0 Å². The summed E-state index contributed by atoms with van der Waals surface area (Å²) in [5.74, 6) is 1.00. The molecule has 0 bridgehead atoms. The van der Waals surface area contributed by atoms with Gasteiger partial charge in [0.1, 0.15) is 0 Å². The summed E-state index contributed by atoms with van der Waals surface area (Å²) in [5.41, 5.74) is 2.28. The molecule has 0 atom stereocenters. The van der Waals surface area contributed by atoms with Crippen LogP contribution in [-0.4, -0.2) is 6.29 Å². The van der Waals surface area contributed by atoms with Crippen molar-refractivity contribution in [1.29, 1.82) is 0 Å². The molecule has 4 heteroatoms. The minimum absolute atomic E-state index is 0.179. The third-order valence-corrected chi connectivity index (χ3v) is 3.96. The average molecular weight is 268 g/mol. The molecule has 0 spiro atoms. The molecule has 1 aromatic rings. The smallest absolute Gasteiger partial charge is 0.395 e. The molecular weight excluding hydrogens is 250 g/mol. The molecule has 19 heavy (non-hydrogen) atoms. The molecule has 0 aromatic heterocycles. The number of fused-ring (bicyclic) bond motifs is 2. The molecule has 3 rings (SSSR count). The van der Waals surface area contributed by atoms with Crippen LogP contribution >= 0.6 is 0 Å². The van der Waals surface area contributed by atoms with Gasteiger partial charge in [-0.15, -0.1) is 8.78 Å². The van der Waals surface area contributed by atoms with Crippen LogP contribution < -0.4 is 9.47 Å². The van der Waals surface area contributed by atoms with Crippen molar-refractivity contribution in [1.82, 2.24) is 0 Å². The summed E-state index contributed by atoms with van der Waals surface area (Å²) in [6.07, 6.45) is 3.40. The summed E-state index contributed by atoms with van der Waals surface area (Å²) in [6.45, 7) is 2.20. The van der Waals surface area contributed by atoms with E-state index in [0.29, 0.717) is 5.92 Å². The Labute approximate surface area is 111 Å². The molecular formula is C15H18F2O2. The van der Waals surface area contributed by atoms with Gasteiger partial charge in [-0.2, -0.15) is 0 Å². The molecule has 1 aliphatic carbocycles. The van der Waals surface area contributed by atoms with Crippen molar-refractivity contribution in [3.8, 4) is 11.5 Å². The Morgan fingerprint density at radius 1 is 1.11 bits per heavy atom. The number of hydrogen-bond acceptors (Lipinski definition) is 2. The first kappa shape index (κ1) is 12.7. The topological polar surface area (TPSA) is 18.5 Å². The van der Waals surface area contributed by atoms with Gasteiger partial charge in [0.15, 0.2) is 11.5 Å². The highest BCUT2D eigenvalue weighted by Crippen LogP contribution is 2.45. The molecule has 1 aromatic carbocycles. The lowest BCUT2D eigenvalue weighted by atomic mass is 9.98. The van der Waals surface area contributed by atoms with Crippen molar-refractivity contribution >= 4 is 0 Å². The lowest BCUT2D eigenvalue weighted by Crippen LogP contribution is -2.25. The lowest BCUT2D eigenvalue weighted by Gasteiger charge is -2.07. The van der Waals surface area contributed by atoms with Crippen LogP contribution in [0.5, 0.6) is 11.5 Å². The Hall–Kier alpha value is -1.32. The van der Waals surface area contributed by atoms with Gasteiger partial charge in [-0.25, -0.2) is 0 Å². The zero-order valence-electron chi connectivity index (χ0n) is 11.0. The highest BCUT2D eigenvalue weighted by molar-refractivity contribution is 5.51. The molecule has 0 fully saturated rings. The van der Waals surface area contributed by atoms with Gasteiger partial charge in [0.2, 0.25) is 0 Å². The zero-order valence-corrected chi connectivity index (χ0v) is 11.0. The lowest BCUT2D eigenvalue weighted by molar-refractivity contribution is -0.286. The summed E-state index contributed by atoms with van der Waals surface area (Å²) in [4.78, 5) is 0. The summed E-state index contributed by atoms with van der Waals surface area (Å²) >= 11 is 0. The fourth-order valence-electron chi connectivity index (χ4n) is 3.04. The number of benzene rings is 1. The standard InChI is InChI=1S/C15H18F2O2/c1-2-3-4-5-10-6-11-8-13-14(9-12(11)7-10)19-15(16,17)18-13/h8-10H,2-7H2,1H3. The van der Waals surface area contributed by atoms with Crippen LogP contribution in [0, 0.1) is 5.92 Å². The second-order valence-corrected chi connectivity index (χ2v) is 5.51. The Morgan fingerprint density at radius 2 is 1.68 bits per heavy atom. The van der Waals surface area contributed by atoms with Crippen LogP contribution in [0.25, 0.3) is 0 Å². The van der Waals surface area contributed by atoms with Crippen LogP contribution in [0.1, 0.15) is 43.7 Å². The maximum atomic E-state index is 13.0. The van der Waals surface area contributed by atoms with Crippen LogP contribution in [0.15, 0.2) is 12.1 Å². The minimum Gasteiger partial charge on any atom is -0.395 e. The molecule has 1 heterocycles. The Morgan fingerprint density at radius 3 is 2.21 bits per heavy atom. The molecule has 0 unspecified atom stereocenters. The summed E-state index contributed by atoms with van der Waals surface area (Å²) in [7, 11) is 0. The van der Waals surface area contributed by atoms with E-state index >= 15 is 0 Å². The van der Waals surface area contributed by atoms with Crippen LogP contribution in [0.3, 0.4) is 0 Å². The van der Waals surface area contributed by atoms with Crippen LogP contribution in [0.4, 0.5) is 8.78 Å². The molecule has 2 nitrogen and oxygen atoms in total. The van der Waals surface area contributed by atoms with Crippen molar-refractivity contribution in [2.75, 3.05) is 0 Å². The third-order valence-electron chi connectivity index (χ3n) is 3.96. The van der Waals surface area contributed by atoms with Crippen molar-refractivity contribution < 1.29 is 18.3 Å². The average Bonchev–Trinajstić information content (AvgIpc) is 2.83. The van der Waals surface area contributed by atoms with Gasteiger partial charge >= 0.3 is 6.29 Å². The van der Waals surface area contributed by atoms with E-state index in [-0.39, 0.29) is 11.5 Å². The van der Waals surface area contributed by atoms with Crippen molar-refractivity contribution in [2.24, 2.45) is 5.92 Å². The van der Waals surface area contributed by atoms with Gasteiger partial charge in [0.25, 0.3) is 0 Å². The maximum Gasteiger partial charge on any atom is 0.586 e. The van der Waals surface area contributed by atoms with E-state index in [1.54, 1.807) is 12.1 Å². The van der Waals surface area contributed by atoms with Crippen molar-refractivity contribution in [2.45, 2.75) is 51.7 Å². The quantitative estimate of drug-likeness (QED) is 0.758. The first-order valence-electron chi connectivity index (χ1n) is 6.99. The van der Waals surface area contributed by atoms with E-state index in [1.807, 2.05) is 0 Å². The zero-order chi connectivity index (χ0) is 13.5. The van der Waals surface area contributed by atoms with E-state index in [0.717, 1.165) is 24.0 Å². The SMILES string of the molecule is CCCCCC1Cc2cc3c(cc2C1)OC(F)(F)O3. The fraction of sp³-hybridized carbons (Fsp3) is 0.600. The second-order valence-electron chi connectivity index (χ2n) is 5.51. The molecule has 0 saturated carbocycles. The van der Waals surface area contributed by atoms with E-state index < -0.39 is 6.29 Å². The second kappa shape index (κ2) is 4.66. The number of rotatable bonds is 4. The number of ether oxygens (including phenoxy) is 2. The van der Waals surface area contributed by atoms with Gasteiger partial charge in [-0.1, -0.05) is 26.2 Å². The number of hydrogen-bond donors (Lipinski definition) is 0. The Kier molecular flexibility index (Phi) is 3.11. The number of alkyl halides is 2. The molecule has 2 aliphatic rings. The monoisotopic (exact) mass is 268 g/mol. The molecule has 104 valence electrons. The Balaban J connectivity index is 1.70. The molecule has 0 amide bonds. The van der Waals surface area contributed by atoms with E-state index in [4.69, 9.17) is 0 Å². The highest BCUT2D eigenvalue weighted by Gasteiger charge is 2.44. The maximum absolute atomic E-state index is 13.0.